The monoisotopic (exact) mass is 696 g/mol. The van der Waals surface area contributed by atoms with Crippen LogP contribution in [0.25, 0.3) is 11.1 Å². The number of hydrogen-bond donors (Lipinski definition) is 0. The van der Waals surface area contributed by atoms with Gasteiger partial charge in [0.25, 0.3) is 0 Å². The first-order chi connectivity index (χ1) is 18.8. The fourth-order valence-corrected chi connectivity index (χ4v) is 35.3. The summed E-state index contributed by atoms with van der Waals surface area (Å²) in [6, 6.07) is 26.6. The first-order valence-electron chi connectivity index (χ1n) is 15.6. The third-order valence-corrected chi connectivity index (χ3v) is 36.8. The maximum absolute atomic E-state index is 4.19. The molecule has 3 aromatic carbocycles. The summed E-state index contributed by atoms with van der Waals surface area (Å²) in [7, 11) is 0. The van der Waals surface area contributed by atoms with E-state index in [1.807, 2.05) is 3.26 Å². The molecule has 1 saturated carbocycles. The normalized spacial score (nSPS) is 18.1. The van der Waals surface area contributed by atoms with Crippen LogP contribution in [0.5, 0.6) is 0 Å². The summed E-state index contributed by atoms with van der Waals surface area (Å²) in [5, 5.41) is 0. The third-order valence-electron chi connectivity index (χ3n) is 10.9. The summed E-state index contributed by atoms with van der Waals surface area (Å²) < 4.78 is 8.54. The Labute approximate surface area is 244 Å². The molecule has 3 aliphatic carbocycles. The number of benzene rings is 3. The van der Waals surface area contributed by atoms with Gasteiger partial charge in [-0.3, -0.25) is 0 Å². The van der Waals surface area contributed by atoms with Crippen LogP contribution in [0.3, 0.4) is 0 Å². The van der Waals surface area contributed by atoms with Gasteiger partial charge < -0.3 is 0 Å². The van der Waals surface area contributed by atoms with Crippen molar-refractivity contribution < 1.29 is 18.0 Å². The Morgan fingerprint density at radius 3 is 1.60 bits per heavy atom. The molecule has 3 aliphatic rings. The van der Waals surface area contributed by atoms with E-state index in [0.717, 1.165) is 0 Å². The standard InChI is InChI=1S/C21H25.C11H12.C5H5.2CH3.Hf/c1-20(2,3)16-7-9-18-14(12-16)11-15-13-17(21(4,5)6)8-10-19(15)18;1-2-5-10(6-3-1)9-11-7-4-8-11;1-2-4-5-3-1;;;/h7-13H,1-6H3;1-3,5-6,11H,4,7-8H2;1-5H;2*1H3;. The molecular formula is C39H48Hf. The van der Waals surface area contributed by atoms with Crippen LogP contribution in [0, 0.1) is 5.92 Å². The SMILES string of the molecule is CC(C)(C)c1ccc2c(c1)[CH]([Hf]([CH3])([CH3])(=[C](c1ccccc1)C1CCC1)[CH]1C=CC=C1)c1cc(C(C)(C)C)ccc1-2. The summed E-state index contributed by atoms with van der Waals surface area (Å²) in [6.45, 7) is 14.2. The van der Waals surface area contributed by atoms with Gasteiger partial charge in [-0.1, -0.05) is 0 Å². The number of hydrogen-bond acceptors (Lipinski definition) is 0. The van der Waals surface area contributed by atoms with Crippen molar-refractivity contribution in [2.75, 3.05) is 0 Å². The Morgan fingerprint density at radius 1 is 0.675 bits per heavy atom. The number of allylic oxidation sites excluding steroid dienone is 4. The molecule has 1 fully saturated rings. The van der Waals surface area contributed by atoms with Gasteiger partial charge in [0, 0.05) is 0 Å². The van der Waals surface area contributed by atoms with Crippen molar-refractivity contribution in [2.24, 2.45) is 5.92 Å². The number of rotatable bonds is 4. The summed E-state index contributed by atoms with van der Waals surface area (Å²) >= 11 is -4.19. The second-order valence-corrected chi connectivity index (χ2v) is 41.0. The van der Waals surface area contributed by atoms with Crippen LogP contribution in [-0.2, 0) is 28.8 Å². The van der Waals surface area contributed by atoms with Crippen molar-refractivity contribution in [1.82, 2.24) is 0 Å². The van der Waals surface area contributed by atoms with Crippen LogP contribution in [0.2, 0.25) is 13.0 Å². The molecule has 0 saturated heterocycles. The van der Waals surface area contributed by atoms with Crippen LogP contribution >= 0.6 is 0 Å². The van der Waals surface area contributed by atoms with Crippen molar-refractivity contribution in [3.63, 3.8) is 0 Å². The molecule has 0 heterocycles. The molecule has 0 atom stereocenters. The molecule has 40 heavy (non-hydrogen) atoms. The van der Waals surface area contributed by atoms with Gasteiger partial charge >= 0.3 is 246 Å². The molecule has 6 rings (SSSR count). The van der Waals surface area contributed by atoms with Crippen molar-refractivity contribution in [2.45, 2.75) is 88.3 Å². The average molecular weight is 695 g/mol. The summed E-state index contributed by atoms with van der Waals surface area (Å²) in [6.07, 6.45) is 13.9. The minimum absolute atomic E-state index is 0.117. The average Bonchev–Trinajstić information content (AvgIpc) is 3.52. The quantitative estimate of drug-likeness (QED) is 0.239. The van der Waals surface area contributed by atoms with E-state index in [-0.39, 0.29) is 10.8 Å². The molecule has 0 nitrogen and oxygen atoms in total. The van der Waals surface area contributed by atoms with E-state index in [0.29, 0.717) is 13.3 Å². The van der Waals surface area contributed by atoms with E-state index < -0.39 is 18.0 Å². The molecule has 1 heteroatoms. The zero-order chi connectivity index (χ0) is 28.5. The van der Waals surface area contributed by atoms with E-state index in [4.69, 9.17) is 0 Å². The van der Waals surface area contributed by atoms with Gasteiger partial charge in [-0.2, -0.15) is 0 Å². The van der Waals surface area contributed by atoms with Crippen molar-refractivity contribution in [3.8, 4) is 11.1 Å². The van der Waals surface area contributed by atoms with E-state index in [1.165, 1.54) is 47.1 Å². The molecule has 0 radical (unpaired) electrons. The molecule has 0 bridgehead atoms. The predicted octanol–water partition coefficient (Wildman–Crippen LogP) is 11.1. The van der Waals surface area contributed by atoms with Crippen LogP contribution in [0.4, 0.5) is 0 Å². The fraction of sp³-hybridized carbons (Fsp3) is 0.410. The molecule has 0 aliphatic heterocycles. The van der Waals surface area contributed by atoms with Crippen LogP contribution in [0.15, 0.2) is 91.0 Å². The summed E-state index contributed by atoms with van der Waals surface area (Å²) in [5.41, 5.74) is 10.8. The van der Waals surface area contributed by atoms with Crippen molar-refractivity contribution >= 4 is 3.26 Å². The Balaban J connectivity index is 1.78. The van der Waals surface area contributed by atoms with Gasteiger partial charge in [0.2, 0.25) is 0 Å². The van der Waals surface area contributed by atoms with Gasteiger partial charge in [-0.05, 0) is 0 Å². The van der Waals surface area contributed by atoms with Gasteiger partial charge in [0.1, 0.15) is 0 Å². The fourth-order valence-electron chi connectivity index (χ4n) is 8.35. The minimum atomic E-state index is -4.19. The molecule has 0 aromatic heterocycles. The van der Waals surface area contributed by atoms with Crippen LogP contribution in [0.1, 0.15) is 92.3 Å². The molecule has 0 N–H and O–H groups in total. The summed E-state index contributed by atoms with van der Waals surface area (Å²) in [4.78, 5) is 0. The number of fused-ring (bicyclic) bond motifs is 3. The topological polar surface area (TPSA) is 0 Å². The van der Waals surface area contributed by atoms with Gasteiger partial charge in [-0.25, -0.2) is 0 Å². The maximum atomic E-state index is 2.85. The van der Waals surface area contributed by atoms with Gasteiger partial charge in [0.15, 0.2) is 0 Å². The third kappa shape index (κ3) is 4.29. The van der Waals surface area contributed by atoms with E-state index in [2.05, 4.69) is 142 Å². The van der Waals surface area contributed by atoms with E-state index in [9.17, 15) is 0 Å². The molecular weight excluding hydrogens is 647 g/mol. The van der Waals surface area contributed by atoms with Crippen molar-refractivity contribution in [1.29, 1.82) is 0 Å². The molecule has 208 valence electrons. The van der Waals surface area contributed by atoms with Crippen LogP contribution < -0.4 is 0 Å². The zero-order valence-electron chi connectivity index (χ0n) is 26.0. The Hall–Kier alpha value is -2.12. The second-order valence-electron chi connectivity index (χ2n) is 15.9. The van der Waals surface area contributed by atoms with Crippen molar-refractivity contribution in [3.05, 3.63) is 119 Å². The zero-order valence-corrected chi connectivity index (χ0v) is 29.6. The van der Waals surface area contributed by atoms with E-state index >= 15 is 0 Å². The van der Waals surface area contributed by atoms with E-state index in [1.54, 1.807) is 11.1 Å². The first kappa shape index (κ1) is 28.0. The first-order valence-corrected chi connectivity index (χ1v) is 28.7. The summed E-state index contributed by atoms with van der Waals surface area (Å²) in [5.74, 6) is 0.708. The van der Waals surface area contributed by atoms with Gasteiger partial charge in [-0.15, -0.1) is 0 Å². The predicted molar refractivity (Wildman–Crippen MR) is 173 cm³/mol. The Kier molecular flexibility index (Phi) is 6.62. The molecule has 3 aromatic rings. The second kappa shape index (κ2) is 9.45. The molecule has 0 spiro atoms. The van der Waals surface area contributed by atoms with Gasteiger partial charge in [0.05, 0.1) is 0 Å². The Bertz CT molecular complexity index is 1510. The van der Waals surface area contributed by atoms with Crippen LogP contribution in [-0.4, -0.2) is 3.26 Å². The molecule has 0 amide bonds. The molecule has 0 unspecified atom stereocenters. The Morgan fingerprint density at radius 2 is 1.18 bits per heavy atom.